The van der Waals surface area contributed by atoms with Crippen LogP contribution in [0.1, 0.15) is 16.1 Å². The van der Waals surface area contributed by atoms with Crippen molar-refractivity contribution in [2.45, 2.75) is 6.54 Å². The van der Waals surface area contributed by atoms with Crippen molar-refractivity contribution in [2.24, 2.45) is 0 Å². The first-order chi connectivity index (χ1) is 13.5. The lowest BCUT2D eigenvalue weighted by Crippen LogP contribution is -2.45. The lowest BCUT2D eigenvalue weighted by Gasteiger charge is -2.35. The minimum Gasteiger partial charge on any atom is -0.497 e. The van der Waals surface area contributed by atoms with Gasteiger partial charge in [-0.15, -0.1) is 0 Å². The molecule has 8 nitrogen and oxygen atoms in total. The van der Waals surface area contributed by atoms with Gasteiger partial charge >= 0.3 is 6.03 Å². The Morgan fingerprint density at radius 3 is 2.71 bits per heavy atom. The van der Waals surface area contributed by atoms with Crippen LogP contribution in [0.4, 0.5) is 16.2 Å². The van der Waals surface area contributed by atoms with Crippen molar-refractivity contribution in [3.8, 4) is 11.5 Å². The Hall–Kier alpha value is -3.26. The van der Waals surface area contributed by atoms with Crippen molar-refractivity contribution in [2.75, 3.05) is 31.1 Å². The molecule has 0 atom stereocenters. The Morgan fingerprint density at radius 2 is 2.04 bits per heavy atom. The number of hydrogen-bond donors (Lipinski definition) is 1. The van der Waals surface area contributed by atoms with Gasteiger partial charge in [0.25, 0.3) is 0 Å². The second-order valence-electron chi connectivity index (χ2n) is 6.33. The minimum absolute atomic E-state index is 0.263. The molecule has 28 heavy (non-hydrogen) atoms. The molecule has 1 N–H and O–H groups in total. The summed E-state index contributed by atoms with van der Waals surface area (Å²) < 4.78 is 10.6. The first-order valence-corrected chi connectivity index (χ1v) is 8.78. The first kappa shape index (κ1) is 18.1. The minimum atomic E-state index is -0.272. The molecule has 1 aliphatic heterocycles. The normalized spacial score (nSPS) is 13.6. The maximum absolute atomic E-state index is 13.2. The zero-order chi connectivity index (χ0) is 20.0. The number of H-pyrrole nitrogens is 1. The third kappa shape index (κ3) is 2.65. The topological polar surface area (TPSA) is 87.8 Å². The molecule has 0 bridgehead atoms. The number of carbonyl (C=O) groups is 2. The van der Waals surface area contributed by atoms with Crippen LogP contribution in [0.15, 0.2) is 24.4 Å². The number of urea groups is 1. The number of rotatable bonds is 4. The number of aldehydes is 1. The number of fused-ring (bicyclic) bond motifs is 3. The van der Waals surface area contributed by atoms with Crippen LogP contribution < -0.4 is 19.3 Å². The van der Waals surface area contributed by atoms with E-state index in [1.807, 2.05) is 0 Å². The van der Waals surface area contributed by atoms with Crippen molar-refractivity contribution in [1.82, 2.24) is 9.97 Å². The molecular formula is C19H17ClN4O4. The summed E-state index contributed by atoms with van der Waals surface area (Å²) >= 11 is 6.48. The lowest BCUT2D eigenvalue weighted by molar-refractivity contribution is 0.111. The van der Waals surface area contributed by atoms with Crippen molar-refractivity contribution >= 4 is 46.3 Å². The van der Waals surface area contributed by atoms with Gasteiger partial charge in [-0.3, -0.25) is 14.6 Å². The average Bonchev–Trinajstić information content (AvgIpc) is 3.14. The van der Waals surface area contributed by atoms with Crippen molar-refractivity contribution in [3.05, 3.63) is 40.7 Å². The lowest BCUT2D eigenvalue weighted by atomic mass is 10.1. The van der Waals surface area contributed by atoms with E-state index in [0.717, 1.165) is 5.56 Å². The molecule has 0 fully saturated rings. The molecule has 0 saturated carbocycles. The van der Waals surface area contributed by atoms with Gasteiger partial charge in [0.05, 0.1) is 37.8 Å². The third-order valence-corrected chi connectivity index (χ3v) is 5.15. The fraction of sp³-hybridized carbons (Fsp3) is 0.211. The monoisotopic (exact) mass is 400 g/mol. The van der Waals surface area contributed by atoms with Gasteiger partial charge in [0.15, 0.2) is 6.29 Å². The van der Waals surface area contributed by atoms with E-state index in [-0.39, 0.29) is 12.6 Å². The Bertz CT molecular complexity index is 1110. The number of methoxy groups -OCH3 is 2. The van der Waals surface area contributed by atoms with E-state index in [0.29, 0.717) is 50.9 Å². The number of aromatic amines is 1. The molecule has 144 valence electrons. The summed E-state index contributed by atoms with van der Waals surface area (Å²) in [7, 11) is 4.70. The smallest absolute Gasteiger partial charge is 0.329 e. The molecule has 0 radical (unpaired) electrons. The summed E-state index contributed by atoms with van der Waals surface area (Å²) in [5.41, 5.74) is 2.96. The number of nitrogens with zero attached hydrogens (tertiary/aromatic N) is 3. The summed E-state index contributed by atoms with van der Waals surface area (Å²) in [5, 5.41) is 1.02. The number of nitrogens with one attached hydrogen (secondary N) is 1. The molecule has 3 heterocycles. The second-order valence-corrected chi connectivity index (χ2v) is 6.71. The van der Waals surface area contributed by atoms with Crippen LogP contribution in [-0.2, 0) is 6.54 Å². The predicted octanol–water partition coefficient (Wildman–Crippen LogP) is 3.62. The van der Waals surface area contributed by atoms with Crippen LogP contribution in [0.25, 0.3) is 11.0 Å². The number of carbonyl (C=O) groups excluding carboxylic acids is 2. The number of benzene rings is 1. The van der Waals surface area contributed by atoms with Crippen LogP contribution in [0, 0.1) is 0 Å². The molecule has 9 heteroatoms. The molecule has 1 aliphatic rings. The molecule has 4 rings (SSSR count). The van der Waals surface area contributed by atoms with E-state index in [4.69, 9.17) is 21.1 Å². The van der Waals surface area contributed by atoms with Gasteiger partial charge in [-0.1, -0.05) is 11.6 Å². The van der Waals surface area contributed by atoms with Crippen molar-refractivity contribution in [1.29, 1.82) is 0 Å². The molecule has 0 spiro atoms. The highest BCUT2D eigenvalue weighted by molar-refractivity contribution is 6.35. The number of hydrogen-bond acceptors (Lipinski definition) is 5. The number of ether oxygens (including phenoxy) is 2. The summed E-state index contributed by atoms with van der Waals surface area (Å²) in [6.07, 6.45) is 2.40. The molecule has 0 unspecified atom stereocenters. The summed E-state index contributed by atoms with van der Waals surface area (Å²) in [6.45, 7) is 0.263. The Morgan fingerprint density at radius 1 is 1.25 bits per heavy atom. The standard InChI is InChI=1S/C19H17ClN4O4/c1-23-17-10(7-21-18-13(17)4-11(9-25)22-18)8-24(19(23)26)14-5-12(27-2)6-15(28-3)16(14)20/h4-7,9H,8H2,1-3H3,(H,21,22). The Balaban J connectivity index is 1.86. The van der Waals surface area contributed by atoms with Gasteiger partial charge in [-0.25, -0.2) is 9.78 Å². The summed E-state index contributed by atoms with van der Waals surface area (Å²) in [4.78, 5) is 34.6. The Labute approximate surface area is 165 Å². The molecule has 2 aromatic heterocycles. The molecule has 0 aliphatic carbocycles. The van der Waals surface area contributed by atoms with Gasteiger partial charge in [-0.05, 0) is 6.07 Å². The zero-order valence-electron chi connectivity index (χ0n) is 15.4. The highest BCUT2D eigenvalue weighted by Gasteiger charge is 2.33. The number of halogens is 1. The van der Waals surface area contributed by atoms with Crippen LogP contribution in [0.3, 0.4) is 0 Å². The van der Waals surface area contributed by atoms with E-state index < -0.39 is 0 Å². The Kier molecular flexibility index (Phi) is 4.35. The van der Waals surface area contributed by atoms with Crippen LogP contribution in [0.2, 0.25) is 5.02 Å². The number of pyridine rings is 1. The van der Waals surface area contributed by atoms with Gasteiger partial charge in [0, 0.05) is 36.3 Å². The summed E-state index contributed by atoms with van der Waals surface area (Å²) in [5.74, 6) is 0.930. The van der Waals surface area contributed by atoms with E-state index in [2.05, 4.69) is 9.97 Å². The zero-order valence-corrected chi connectivity index (χ0v) is 16.2. The number of aromatic nitrogens is 2. The van der Waals surface area contributed by atoms with E-state index in [1.54, 1.807) is 31.4 Å². The van der Waals surface area contributed by atoms with Gasteiger partial charge in [0.2, 0.25) is 0 Å². The fourth-order valence-corrected chi connectivity index (χ4v) is 3.71. The van der Waals surface area contributed by atoms with E-state index in [1.165, 1.54) is 24.0 Å². The maximum Gasteiger partial charge on any atom is 0.329 e. The fourth-order valence-electron chi connectivity index (χ4n) is 3.42. The molecule has 2 amide bonds. The molecule has 1 aromatic carbocycles. The molecule has 0 saturated heterocycles. The van der Waals surface area contributed by atoms with Gasteiger partial charge in [0.1, 0.15) is 22.2 Å². The van der Waals surface area contributed by atoms with Crippen LogP contribution in [0.5, 0.6) is 11.5 Å². The van der Waals surface area contributed by atoms with Crippen LogP contribution >= 0.6 is 11.6 Å². The SMILES string of the molecule is COc1cc(OC)c(Cl)c(N2Cc3cnc4[nH]c(C=O)cc4c3N(C)C2=O)c1. The average molecular weight is 401 g/mol. The highest BCUT2D eigenvalue weighted by atomic mass is 35.5. The van der Waals surface area contributed by atoms with Crippen molar-refractivity contribution in [3.63, 3.8) is 0 Å². The molecule has 3 aromatic rings. The van der Waals surface area contributed by atoms with Crippen molar-refractivity contribution < 1.29 is 19.1 Å². The summed E-state index contributed by atoms with van der Waals surface area (Å²) in [6, 6.07) is 4.76. The highest BCUT2D eigenvalue weighted by Crippen LogP contribution is 2.42. The van der Waals surface area contributed by atoms with E-state index in [9.17, 15) is 9.59 Å². The molecular weight excluding hydrogens is 384 g/mol. The quantitative estimate of drug-likeness (QED) is 0.676. The van der Waals surface area contributed by atoms with Gasteiger partial charge < -0.3 is 14.5 Å². The first-order valence-electron chi connectivity index (χ1n) is 8.41. The second kappa shape index (κ2) is 6.72. The number of anilines is 2. The van der Waals surface area contributed by atoms with E-state index >= 15 is 0 Å². The predicted molar refractivity (Wildman–Crippen MR) is 106 cm³/mol. The van der Waals surface area contributed by atoms with Crippen LogP contribution in [-0.4, -0.2) is 43.6 Å². The largest absolute Gasteiger partial charge is 0.497 e. The third-order valence-electron chi connectivity index (χ3n) is 4.78. The number of amides is 2. The van der Waals surface area contributed by atoms with Gasteiger partial charge in [-0.2, -0.15) is 0 Å². The maximum atomic E-state index is 13.2.